The lowest BCUT2D eigenvalue weighted by molar-refractivity contribution is -0.133. The number of nitrogens with zero attached hydrogens (tertiary/aromatic N) is 2. The Labute approximate surface area is 216 Å². The monoisotopic (exact) mass is 499 g/mol. The molecule has 1 unspecified atom stereocenters. The Kier molecular flexibility index (Phi) is 8.54. The van der Waals surface area contributed by atoms with E-state index in [4.69, 9.17) is 4.74 Å². The van der Waals surface area contributed by atoms with Crippen LogP contribution in [-0.2, 0) is 9.53 Å². The van der Waals surface area contributed by atoms with E-state index in [1.807, 2.05) is 12.1 Å². The van der Waals surface area contributed by atoms with Crippen molar-refractivity contribution in [3.05, 3.63) is 35.4 Å². The molecule has 1 aromatic carbocycles. The van der Waals surface area contributed by atoms with Crippen LogP contribution in [0.2, 0.25) is 0 Å². The zero-order valence-electron chi connectivity index (χ0n) is 23.2. The van der Waals surface area contributed by atoms with Gasteiger partial charge in [0.25, 0.3) is 5.91 Å². The van der Waals surface area contributed by atoms with Gasteiger partial charge in [0, 0.05) is 7.11 Å². The fourth-order valence-electron chi connectivity index (χ4n) is 5.63. The predicted octanol–water partition coefficient (Wildman–Crippen LogP) is 5.66. The topological polar surface area (TPSA) is 91.2 Å². The number of carbonyl (C=O) groups excluding carboxylic acids is 1. The summed E-state index contributed by atoms with van der Waals surface area (Å²) in [7, 11) is 1.63. The van der Waals surface area contributed by atoms with E-state index in [1.54, 1.807) is 19.2 Å². The molecule has 2 fully saturated rings. The normalized spacial score (nSPS) is 24.9. The highest BCUT2D eigenvalue weighted by molar-refractivity contribution is 6.40. The standard InChI is InChI=1S/C29H45N3O4/c1-27(2,3)15-14-23(20-8-10-21(11-9-20)26(34)35)32-25(33)24(30-18-19-36-7)31-29(32)16-12-22(13-17-29)28(4,5)6/h8-11,22-23H,12-19H2,1-7H3,(H,30,31)(H,34,35). The number of carboxylic acid groups (broad SMARTS) is 1. The molecule has 1 saturated heterocycles. The summed E-state index contributed by atoms with van der Waals surface area (Å²) in [5.41, 5.74) is 1.06. The van der Waals surface area contributed by atoms with Gasteiger partial charge >= 0.3 is 5.97 Å². The van der Waals surface area contributed by atoms with Crippen molar-refractivity contribution >= 4 is 17.7 Å². The molecule has 2 N–H and O–H groups in total. The van der Waals surface area contributed by atoms with Crippen molar-refractivity contribution in [2.24, 2.45) is 21.7 Å². The average Bonchev–Trinajstić information content (AvgIpc) is 3.04. The van der Waals surface area contributed by atoms with Crippen molar-refractivity contribution in [3.63, 3.8) is 0 Å². The summed E-state index contributed by atoms with van der Waals surface area (Å²) in [6.45, 7) is 14.4. The molecule has 200 valence electrons. The number of amides is 1. The number of amidine groups is 1. The molecule has 2 aliphatic rings. The predicted molar refractivity (Wildman–Crippen MR) is 143 cm³/mol. The van der Waals surface area contributed by atoms with E-state index < -0.39 is 11.6 Å². The first kappa shape index (κ1) is 28.2. The van der Waals surface area contributed by atoms with Gasteiger partial charge in [0.05, 0.1) is 24.8 Å². The zero-order valence-corrected chi connectivity index (χ0v) is 23.2. The van der Waals surface area contributed by atoms with Crippen molar-refractivity contribution in [2.45, 2.75) is 91.8 Å². The molecular weight excluding hydrogens is 454 g/mol. The summed E-state index contributed by atoms with van der Waals surface area (Å²) in [6, 6.07) is 6.87. The third-order valence-corrected chi connectivity index (χ3v) is 7.86. The van der Waals surface area contributed by atoms with E-state index in [0.29, 0.717) is 24.9 Å². The van der Waals surface area contributed by atoms with Crippen LogP contribution in [0.4, 0.5) is 0 Å². The Hall–Kier alpha value is -2.41. The Morgan fingerprint density at radius 3 is 2.28 bits per heavy atom. The largest absolute Gasteiger partial charge is 0.478 e. The van der Waals surface area contributed by atoms with Crippen LogP contribution >= 0.6 is 0 Å². The average molecular weight is 500 g/mol. The summed E-state index contributed by atoms with van der Waals surface area (Å²) >= 11 is 0. The molecule has 1 aliphatic carbocycles. The van der Waals surface area contributed by atoms with E-state index in [2.05, 4.69) is 56.8 Å². The Morgan fingerprint density at radius 1 is 1.17 bits per heavy atom. The quantitative estimate of drug-likeness (QED) is 0.450. The lowest BCUT2D eigenvalue weighted by Crippen LogP contribution is -2.56. The van der Waals surface area contributed by atoms with Crippen LogP contribution in [0.5, 0.6) is 0 Å². The van der Waals surface area contributed by atoms with Gasteiger partial charge in [-0.1, -0.05) is 53.7 Å². The molecule has 3 rings (SSSR count). The van der Waals surface area contributed by atoms with Gasteiger partial charge in [-0.3, -0.25) is 9.79 Å². The third kappa shape index (κ3) is 6.47. The molecule has 1 amide bonds. The lowest BCUT2D eigenvalue weighted by atomic mass is 9.69. The number of carboxylic acids is 1. The van der Waals surface area contributed by atoms with Gasteiger partial charge in [-0.15, -0.1) is 0 Å². The third-order valence-electron chi connectivity index (χ3n) is 7.86. The number of benzene rings is 1. The van der Waals surface area contributed by atoms with Crippen molar-refractivity contribution in [2.75, 3.05) is 20.3 Å². The number of methoxy groups -OCH3 is 1. The molecule has 1 aromatic rings. The minimum atomic E-state index is -0.948. The molecular formula is C29H45N3O4. The van der Waals surface area contributed by atoms with E-state index >= 15 is 0 Å². The first-order valence-electron chi connectivity index (χ1n) is 13.3. The first-order valence-corrected chi connectivity index (χ1v) is 13.3. The van der Waals surface area contributed by atoms with E-state index in [-0.39, 0.29) is 28.3 Å². The van der Waals surface area contributed by atoms with E-state index in [0.717, 1.165) is 44.1 Å². The number of carbonyl (C=O) groups is 2. The molecule has 36 heavy (non-hydrogen) atoms. The smallest absolute Gasteiger partial charge is 0.335 e. The highest BCUT2D eigenvalue weighted by Gasteiger charge is 2.53. The fraction of sp³-hybridized carbons (Fsp3) is 0.690. The van der Waals surface area contributed by atoms with Crippen LogP contribution in [0.1, 0.15) is 102 Å². The van der Waals surface area contributed by atoms with Crippen molar-refractivity contribution in [3.8, 4) is 0 Å². The molecule has 7 heteroatoms. The first-order chi connectivity index (χ1) is 16.8. The van der Waals surface area contributed by atoms with Crippen molar-refractivity contribution < 1.29 is 19.4 Å². The van der Waals surface area contributed by atoms with Crippen LogP contribution in [-0.4, -0.2) is 53.6 Å². The van der Waals surface area contributed by atoms with E-state index in [9.17, 15) is 14.7 Å². The summed E-state index contributed by atoms with van der Waals surface area (Å²) in [5.74, 6) is 0.00109. The summed E-state index contributed by atoms with van der Waals surface area (Å²) in [6.07, 6.45) is 5.52. The second-order valence-corrected chi connectivity index (χ2v) is 12.7. The number of rotatable bonds is 8. The van der Waals surface area contributed by atoms with Crippen molar-refractivity contribution in [1.29, 1.82) is 0 Å². The highest BCUT2D eigenvalue weighted by atomic mass is 16.5. The van der Waals surface area contributed by atoms with Gasteiger partial charge < -0.3 is 20.1 Å². The minimum Gasteiger partial charge on any atom is -0.478 e. The number of aromatic carboxylic acids is 1. The fourth-order valence-corrected chi connectivity index (χ4v) is 5.63. The summed E-state index contributed by atoms with van der Waals surface area (Å²) < 4.78 is 5.17. The van der Waals surface area contributed by atoms with Crippen molar-refractivity contribution in [1.82, 2.24) is 10.2 Å². The van der Waals surface area contributed by atoms with Gasteiger partial charge in [0.1, 0.15) is 5.66 Å². The molecule has 1 spiro atoms. The number of aliphatic imine (C=N–C) groups is 1. The van der Waals surface area contributed by atoms with Gasteiger partial charge in [0.15, 0.2) is 5.84 Å². The summed E-state index contributed by atoms with van der Waals surface area (Å²) in [4.78, 5) is 32.1. The maximum atomic E-state index is 14.0. The Morgan fingerprint density at radius 2 is 1.78 bits per heavy atom. The SMILES string of the molecule is COCCN=C1NC2(CCC(C(C)(C)C)CC2)N(C(CCC(C)(C)C)c2ccc(C(=O)O)cc2)C1=O. The van der Waals surface area contributed by atoms with Gasteiger partial charge in [-0.25, -0.2) is 4.79 Å². The van der Waals surface area contributed by atoms with Crippen LogP contribution in [0.25, 0.3) is 0 Å². The molecule has 1 atom stereocenters. The molecule has 0 aromatic heterocycles. The van der Waals surface area contributed by atoms with Crippen LogP contribution in [0, 0.1) is 16.7 Å². The molecule has 7 nitrogen and oxygen atoms in total. The Bertz CT molecular complexity index is 948. The maximum Gasteiger partial charge on any atom is 0.335 e. The molecule has 1 aliphatic heterocycles. The van der Waals surface area contributed by atoms with Gasteiger partial charge in [0.2, 0.25) is 0 Å². The molecule has 1 heterocycles. The molecule has 0 bridgehead atoms. The molecule has 1 saturated carbocycles. The minimum absolute atomic E-state index is 0.0680. The van der Waals surface area contributed by atoms with Crippen LogP contribution in [0.15, 0.2) is 29.3 Å². The Balaban J connectivity index is 2.03. The summed E-state index contributed by atoms with van der Waals surface area (Å²) in [5, 5.41) is 13.0. The van der Waals surface area contributed by atoms with Crippen LogP contribution in [0.3, 0.4) is 0 Å². The zero-order chi connectivity index (χ0) is 26.7. The lowest BCUT2D eigenvalue weighted by Gasteiger charge is -2.48. The second kappa shape index (κ2) is 10.9. The van der Waals surface area contributed by atoms with Gasteiger partial charge in [-0.05, 0) is 73.0 Å². The number of hydrogen-bond acceptors (Lipinski definition) is 4. The van der Waals surface area contributed by atoms with E-state index in [1.165, 1.54) is 0 Å². The number of nitrogens with one attached hydrogen (secondary N) is 1. The second-order valence-electron chi connectivity index (χ2n) is 12.7. The highest BCUT2D eigenvalue weighted by Crippen LogP contribution is 2.47. The maximum absolute atomic E-state index is 14.0. The van der Waals surface area contributed by atoms with Gasteiger partial charge in [-0.2, -0.15) is 0 Å². The van der Waals surface area contributed by atoms with Crippen LogP contribution < -0.4 is 5.32 Å². The number of ether oxygens (including phenoxy) is 1. The number of hydrogen-bond donors (Lipinski definition) is 2. The molecule has 0 radical (unpaired) electrons.